The van der Waals surface area contributed by atoms with Gasteiger partial charge in [0.05, 0.1) is 16.9 Å². The second kappa shape index (κ2) is 7.04. The van der Waals surface area contributed by atoms with Crippen LogP contribution in [0.15, 0.2) is 27.3 Å². The van der Waals surface area contributed by atoms with Gasteiger partial charge in [0.25, 0.3) is 0 Å². The number of hydrogen-bond acceptors (Lipinski definition) is 7. The van der Waals surface area contributed by atoms with E-state index in [9.17, 15) is 24.3 Å². The van der Waals surface area contributed by atoms with Crippen molar-refractivity contribution < 1.29 is 19.5 Å². The monoisotopic (exact) mass is 490 g/mol. The van der Waals surface area contributed by atoms with E-state index in [1.165, 1.54) is 16.2 Å². The Balaban J connectivity index is 1.43. The average molecular weight is 491 g/mol. The van der Waals surface area contributed by atoms with E-state index in [2.05, 4.69) is 11.1 Å². The van der Waals surface area contributed by atoms with Crippen LogP contribution in [0.2, 0.25) is 0 Å². The molecule has 32 heavy (non-hydrogen) atoms. The maximum absolute atomic E-state index is 13.5. The number of carboxylic acid groups (broad SMARTS) is 1. The van der Waals surface area contributed by atoms with Gasteiger partial charge < -0.3 is 10.1 Å². The Labute approximate surface area is 196 Å². The number of amides is 2. The molecule has 2 bridgehead atoms. The largest absolute Gasteiger partial charge is 0.480 e. The molecule has 8 atom stereocenters. The summed E-state index contributed by atoms with van der Waals surface area (Å²) >= 11 is 4.56. The molecule has 10 heteroatoms. The van der Waals surface area contributed by atoms with E-state index < -0.39 is 23.8 Å². The normalized spacial score (nSPS) is 35.8. The Morgan fingerprint density at radius 3 is 2.53 bits per heavy atom. The molecule has 0 unspecified atom stereocenters. The van der Waals surface area contributed by atoms with Gasteiger partial charge in [0.2, 0.25) is 11.8 Å². The molecule has 0 radical (unpaired) electrons. The third-order valence-corrected chi connectivity index (χ3v) is 11.3. The summed E-state index contributed by atoms with van der Waals surface area (Å²) in [4.78, 5) is 57.3. The summed E-state index contributed by atoms with van der Waals surface area (Å²) in [6, 6.07) is 2.97. The zero-order chi connectivity index (χ0) is 22.5. The lowest BCUT2D eigenvalue weighted by atomic mass is 9.69. The van der Waals surface area contributed by atoms with Crippen LogP contribution in [-0.4, -0.2) is 44.1 Å². The second-order valence-corrected chi connectivity index (χ2v) is 12.7. The maximum Gasteiger partial charge on any atom is 0.327 e. The number of thiophene rings is 1. The van der Waals surface area contributed by atoms with Gasteiger partial charge in [0, 0.05) is 20.9 Å². The smallest absolute Gasteiger partial charge is 0.327 e. The molecule has 6 rings (SSSR count). The molecule has 2 saturated carbocycles. The van der Waals surface area contributed by atoms with Crippen molar-refractivity contribution >= 4 is 52.2 Å². The molecule has 2 aromatic heterocycles. The fraction of sp³-hybridized carbons (Fsp3) is 0.545. The van der Waals surface area contributed by atoms with Gasteiger partial charge in [0.15, 0.2) is 0 Å². The second-order valence-electron chi connectivity index (χ2n) is 9.55. The molecule has 7 nitrogen and oxygen atoms in total. The molecule has 4 heterocycles. The molecular formula is C22H22N2O5S3. The van der Waals surface area contributed by atoms with Crippen molar-refractivity contribution in [3.8, 4) is 0 Å². The first-order chi connectivity index (χ1) is 15.3. The van der Waals surface area contributed by atoms with Crippen LogP contribution in [0, 0.1) is 35.5 Å². The van der Waals surface area contributed by atoms with Crippen molar-refractivity contribution in [3.63, 3.8) is 0 Å². The van der Waals surface area contributed by atoms with Crippen LogP contribution >= 0.6 is 34.4 Å². The first-order valence-corrected chi connectivity index (χ1v) is 13.4. The van der Waals surface area contributed by atoms with E-state index in [4.69, 9.17) is 0 Å². The molecule has 2 aliphatic heterocycles. The lowest BCUT2D eigenvalue weighted by Crippen LogP contribution is -2.49. The van der Waals surface area contributed by atoms with Crippen molar-refractivity contribution in [2.75, 3.05) is 0 Å². The SMILES string of the molecule is CC(C)[C@@H](C(=O)O)N1C(=O)[C@H]2[C@@H]3C[C@@H]([C@@H]2C1=O)[C@H]1[C@H](c2cccs2)c2sc(=O)[nH]c2S[C@H]31. The fourth-order valence-corrected chi connectivity index (χ4v) is 10.6. The Morgan fingerprint density at radius 1 is 1.19 bits per heavy atom. The molecule has 4 aliphatic rings. The van der Waals surface area contributed by atoms with Crippen LogP contribution in [0.4, 0.5) is 0 Å². The first-order valence-electron chi connectivity index (χ1n) is 10.8. The van der Waals surface area contributed by atoms with E-state index in [1.807, 2.05) is 11.4 Å². The number of rotatable bonds is 4. The summed E-state index contributed by atoms with van der Waals surface area (Å²) in [6.45, 7) is 3.47. The van der Waals surface area contributed by atoms with E-state index >= 15 is 0 Å². The van der Waals surface area contributed by atoms with Crippen molar-refractivity contribution in [1.29, 1.82) is 0 Å². The average Bonchev–Trinajstić information content (AvgIpc) is 3.51. The van der Waals surface area contributed by atoms with E-state index in [-0.39, 0.29) is 51.5 Å². The molecule has 0 aromatic carbocycles. The van der Waals surface area contributed by atoms with E-state index in [0.717, 1.165) is 21.2 Å². The molecule has 168 valence electrons. The van der Waals surface area contributed by atoms with Gasteiger partial charge in [-0.25, -0.2) is 4.79 Å². The van der Waals surface area contributed by atoms with Gasteiger partial charge in [-0.2, -0.15) is 0 Å². The van der Waals surface area contributed by atoms with Crippen LogP contribution in [-0.2, 0) is 14.4 Å². The van der Waals surface area contributed by atoms with Gasteiger partial charge in [-0.3, -0.25) is 19.3 Å². The Bertz CT molecular complexity index is 1180. The number of likely N-dealkylation sites (tertiary alicyclic amines) is 1. The summed E-state index contributed by atoms with van der Waals surface area (Å²) < 4.78 is 0. The Morgan fingerprint density at radius 2 is 1.91 bits per heavy atom. The minimum Gasteiger partial charge on any atom is -0.480 e. The highest BCUT2D eigenvalue weighted by Crippen LogP contribution is 2.68. The summed E-state index contributed by atoms with van der Waals surface area (Å²) in [5, 5.41) is 12.8. The molecule has 2 aromatic rings. The van der Waals surface area contributed by atoms with Crippen LogP contribution < -0.4 is 4.87 Å². The summed E-state index contributed by atoms with van der Waals surface area (Å²) in [5.41, 5.74) is 0. The molecular weight excluding hydrogens is 468 g/mol. The van der Waals surface area contributed by atoms with E-state index in [1.54, 1.807) is 36.9 Å². The van der Waals surface area contributed by atoms with Crippen LogP contribution in [0.25, 0.3) is 0 Å². The zero-order valence-electron chi connectivity index (χ0n) is 17.4. The van der Waals surface area contributed by atoms with Gasteiger partial charge in [-0.15, -0.1) is 23.1 Å². The summed E-state index contributed by atoms with van der Waals surface area (Å²) in [6.07, 6.45) is 0.809. The minimum absolute atomic E-state index is 0.0158. The highest BCUT2D eigenvalue weighted by atomic mass is 32.2. The minimum atomic E-state index is -1.13. The third-order valence-electron chi connectivity index (χ3n) is 7.77. The number of aliphatic carboxylic acids is 1. The number of fused-ring (bicyclic) bond motifs is 9. The molecule has 2 amide bonds. The lowest BCUT2D eigenvalue weighted by Gasteiger charge is -2.42. The highest BCUT2D eigenvalue weighted by molar-refractivity contribution is 8.00. The number of aromatic nitrogens is 1. The van der Waals surface area contributed by atoms with E-state index in [0.29, 0.717) is 0 Å². The van der Waals surface area contributed by atoms with Gasteiger partial charge in [-0.1, -0.05) is 31.3 Å². The predicted molar refractivity (Wildman–Crippen MR) is 121 cm³/mol. The van der Waals surface area contributed by atoms with Gasteiger partial charge >= 0.3 is 10.8 Å². The quantitative estimate of drug-likeness (QED) is 0.638. The van der Waals surface area contributed by atoms with Crippen molar-refractivity contribution in [2.24, 2.45) is 35.5 Å². The lowest BCUT2D eigenvalue weighted by molar-refractivity contribution is -0.157. The maximum atomic E-state index is 13.5. The zero-order valence-corrected chi connectivity index (χ0v) is 19.8. The Kier molecular flexibility index (Phi) is 4.55. The van der Waals surface area contributed by atoms with Crippen LogP contribution in [0.3, 0.4) is 0 Å². The number of nitrogens with zero attached hydrogens (tertiary/aromatic N) is 1. The molecule has 2 N–H and O–H groups in total. The number of carbonyl (C=O) groups excluding carboxylic acids is 2. The van der Waals surface area contributed by atoms with Crippen molar-refractivity contribution in [1.82, 2.24) is 9.88 Å². The number of carboxylic acids is 1. The fourth-order valence-electron chi connectivity index (χ4n) is 6.79. The number of nitrogens with one attached hydrogen (secondary N) is 1. The molecule has 1 saturated heterocycles. The number of imide groups is 1. The highest BCUT2D eigenvalue weighted by Gasteiger charge is 2.70. The number of carbonyl (C=O) groups is 3. The van der Waals surface area contributed by atoms with Crippen LogP contribution in [0.1, 0.15) is 35.9 Å². The number of thiazole rings is 1. The molecule has 3 fully saturated rings. The summed E-state index contributed by atoms with van der Waals surface area (Å²) in [5.74, 6) is -2.78. The first kappa shape index (κ1) is 20.7. The van der Waals surface area contributed by atoms with Gasteiger partial charge in [0.1, 0.15) is 6.04 Å². The molecule has 2 aliphatic carbocycles. The summed E-state index contributed by atoms with van der Waals surface area (Å²) in [7, 11) is 0. The predicted octanol–water partition coefficient (Wildman–Crippen LogP) is 3.08. The third kappa shape index (κ3) is 2.60. The number of aromatic amines is 1. The topological polar surface area (TPSA) is 108 Å². The van der Waals surface area contributed by atoms with Crippen molar-refractivity contribution in [2.45, 2.75) is 42.5 Å². The van der Waals surface area contributed by atoms with Gasteiger partial charge in [-0.05, 0) is 41.5 Å². The van der Waals surface area contributed by atoms with Crippen LogP contribution in [0.5, 0.6) is 0 Å². The van der Waals surface area contributed by atoms with Crippen molar-refractivity contribution in [3.05, 3.63) is 36.9 Å². The number of thioether (sulfide) groups is 1. The molecule has 0 spiro atoms. The Hall–Kier alpha value is -1.91. The standard InChI is InChI=1S/C22H22N2O5S3/c1-7(2)15(21(27)28)24-19(25)12-8-6-9(13(12)20(24)26)16-11(8)14(10-4-3-5-30-10)17-18(31-16)23-22(29)32-17/h3-5,7-9,11-16H,6H2,1-2H3,(H,23,29)(H,27,28)/t8-,9+,11+,12+,13+,14+,15+,16-/m1/s1. The number of H-pyrrole nitrogens is 1. The number of hydrogen-bond donors (Lipinski definition) is 2.